The summed E-state index contributed by atoms with van der Waals surface area (Å²) in [7, 11) is 0. The van der Waals surface area contributed by atoms with Gasteiger partial charge < -0.3 is 0 Å². The van der Waals surface area contributed by atoms with Crippen LogP contribution in [0.4, 0.5) is 0 Å². The van der Waals surface area contributed by atoms with Gasteiger partial charge in [-0.05, 0) is 12.1 Å². The highest BCUT2D eigenvalue weighted by Crippen LogP contribution is 2.13. The summed E-state index contributed by atoms with van der Waals surface area (Å²) in [5.41, 5.74) is 1.32. The standard InChI is InChI=1S/C12H8ClN3OS/c13-11-2-1-8(6-14-11)10(17)5-9-7-16-3-4-18-12(16)15-9/h1-4,6-7H,5H2. The number of carbonyl (C=O) groups is 1. The SMILES string of the molecule is O=C(Cc1cn2ccsc2n1)c1ccc(Cl)nc1. The Morgan fingerprint density at radius 1 is 1.44 bits per heavy atom. The Kier molecular flexibility index (Phi) is 2.85. The molecule has 0 saturated carbocycles. The van der Waals surface area contributed by atoms with Crippen LogP contribution in [0.15, 0.2) is 36.1 Å². The normalized spacial score (nSPS) is 10.9. The number of Topliss-reactive ketones (excluding diaryl/α,β-unsaturated/α-hetero) is 1. The second kappa shape index (κ2) is 4.51. The molecule has 0 spiro atoms. The molecule has 3 aromatic heterocycles. The summed E-state index contributed by atoms with van der Waals surface area (Å²) in [6.07, 6.45) is 5.55. The van der Waals surface area contributed by atoms with Crippen molar-refractivity contribution in [1.29, 1.82) is 0 Å². The van der Waals surface area contributed by atoms with Gasteiger partial charge in [-0.1, -0.05) is 11.6 Å². The molecule has 18 heavy (non-hydrogen) atoms. The average Bonchev–Trinajstić information content (AvgIpc) is 2.90. The maximum absolute atomic E-state index is 12.0. The van der Waals surface area contributed by atoms with E-state index in [4.69, 9.17) is 11.6 Å². The van der Waals surface area contributed by atoms with E-state index in [2.05, 4.69) is 9.97 Å². The number of rotatable bonds is 3. The van der Waals surface area contributed by atoms with Crippen LogP contribution in [0.1, 0.15) is 16.1 Å². The first-order valence-electron chi connectivity index (χ1n) is 5.28. The lowest BCUT2D eigenvalue weighted by atomic mass is 10.1. The van der Waals surface area contributed by atoms with Crippen LogP contribution in [-0.2, 0) is 6.42 Å². The Hall–Kier alpha value is -1.72. The molecule has 6 heteroatoms. The number of ketones is 1. The molecule has 0 aliphatic rings. The molecule has 90 valence electrons. The van der Waals surface area contributed by atoms with Crippen LogP contribution in [0.5, 0.6) is 0 Å². The first-order valence-corrected chi connectivity index (χ1v) is 6.54. The number of carbonyl (C=O) groups excluding carboxylic acids is 1. The van der Waals surface area contributed by atoms with E-state index < -0.39 is 0 Å². The highest BCUT2D eigenvalue weighted by Gasteiger charge is 2.10. The minimum atomic E-state index is -0.00933. The van der Waals surface area contributed by atoms with Gasteiger partial charge in [0.15, 0.2) is 10.7 Å². The van der Waals surface area contributed by atoms with Crippen molar-refractivity contribution in [1.82, 2.24) is 14.4 Å². The number of thiazole rings is 1. The van der Waals surface area contributed by atoms with E-state index in [0.717, 1.165) is 10.7 Å². The molecular formula is C12H8ClN3OS. The zero-order valence-electron chi connectivity index (χ0n) is 9.21. The highest BCUT2D eigenvalue weighted by atomic mass is 35.5. The van der Waals surface area contributed by atoms with Gasteiger partial charge in [0.25, 0.3) is 0 Å². The third-order valence-electron chi connectivity index (χ3n) is 2.53. The Morgan fingerprint density at radius 2 is 2.33 bits per heavy atom. The van der Waals surface area contributed by atoms with Gasteiger partial charge in [0.2, 0.25) is 0 Å². The zero-order chi connectivity index (χ0) is 12.5. The minimum Gasteiger partial charge on any atom is -0.297 e. The van der Waals surface area contributed by atoms with E-state index in [-0.39, 0.29) is 12.2 Å². The Bertz CT molecular complexity index is 673. The molecule has 0 N–H and O–H groups in total. The molecule has 0 aliphatic heterocycles. The fourth-order valence-corrected chi connectivity index (χ4v) is 2.50. The lowest BCUT2D eigenvalue weighted by Gasteiger charge is -1.98. The van der Waals surface area contributed by atoms with Crippen LogP contribution in [-0.4, -0.2) is 20.2 Å². The quantitative estimate of drug-likeness (QED) is 0.546. The van der Waals surface area contributed by atoms with Gasteiger partial charge in [-0.2, -0.15) is 0 Å². The summed E-state index contributed by atoms with van der Waals surface area (Å²) in [6, 6.07) is 3.29. The van der Waals surface area contributed by atoms with Gasteiger partial charge in [0.05, 0.1) is 12.1 Å². The second-order valence-electron chi connectivity index (χ2n) is 3.79. The first kappa shape index (κ1) is 11.4. The number of pyridine rings is 1. The van der Waals surface area contributed by atoms with Crippen molar-refractivity contribution in [3.63, 3.8) is 0 Å². The fraction of sp³-hybridized carbons (Fsp3) is 0.0833. The number of imidazole rings is 1. The summed E-state index contributed by atoms with van der Waals surface area (Å²) >= 11 is 7.22. The molecule has 0 aliphatic carbocycles. The van der Waals surface area contributed by atoms with Crippen LogP contribution >= 0.6 is 22.9 Å². The molecule has 0 aromatic carbocycles. The largest absolute Gasteiger partial charge is 0.297 e. The number of nitrogens with zero attached hydrogens (tertiary/aromatic N) is 3. The average molecular weight is 278 g/mol. The number of aromatic nitrogens is 3. The predicted molar refractivity (Wildman–Crippen MR) is 70.4 cm³/mol. The predicted octanol–water partition coefficient (Wildman–Crippen LogP) is 2.87. The van der Waals surface area contributed by atoms with Gasteiger partial charge >= 0.3 is 0 Å². The van der Waals surface area contributed by atoms with Crippen molar-refractivity contribution >= 4 is 33.7 Å². The van der Waals surface area contributed by atoms with Crippen LogP contribution in [0, 0.1) is 0 Å². The number of halogens is 1. The topological polar surface area (TPSA) is 47.3 Å². The summed E-state index contributed by atoms with van der Waals surface area (Å²) < 4.78 is 1.91. The van der Waals surface area contributed by atoms with E-state index in [1.165, 1.54) is 6.20 Å². The van der Waals surface area contributed by atoms with Crippen LogP contribution in [0.2, 0.25) is 5.15 Å². The molecule has 0 radical (unpaired) electrons. The van der Waals surface area contributed by atoms with Crippen LogP contribution < -0.4 is 0 Å². The van der Waals surface area contributed by atoms with Gasteiger partial charge in [-0.25, -0.2) is 9.97 Å². The third kappa shape index (κ3) is 2.14. The fourth-order valence-electron chi connectivity index (χ4n) is 1.67. The van der Waals surface area contributed by atoms with Crippen LogP contribution in [0.25, 0.3) is 4.96 Å². The molecule has 0 atom stereocenters. The molecule has 0 fully saturated rings. The lowest BCUT2D eigenvalue weighted by molar-refractivity contribution is 0.0992. The van der Waals surface area contributed by atoms with Gasteiger partial charge in [-0.15, -0.1) is 11.3 Å². The molecule has 0 unspecified atom stereocenters. The van der Waals surface area contributed by atoms with Crippen molar-refractivity contribution in [2.75, 3.05) is 0 Å². The summed E-state index contributed by atoms with van der Waals surface area (Å²) in [5, 5.41) is 2.34. The van der Waals surface area contributed by atoms with Crippen molar-refractivity contribution in [3.05, 3.63) is 52.5 Å². The van der Waals surface area contributed by atoms with E-state index >= 15 is 0 Å². The van der Waals surface area contributed by atoms with Crippen LogP contribution in [0.3, 0.4) is 0 Å². The molecule has 0 bridgehead atoms. The second-order valence-corrected chi connectivity index (χ2v) is 5.05. The lowest BCUT2D eigenvalue weighted by Crippen LogP contribution is -2.04. The maximum Gasteiger partial charge on any atom is 0.193 e. The summed E-state index contributed by atoms with van der Waals surface area (Å²) in [5.74, 6) is -0.00933. The van der Waals surface area contributed by atoms with Crippen molar-refractivity contribution < 1.29 is 4.79 Å². The number of fused-ring (bicyclic) bond motifs is 1. The highest BCUT2D eigenvalue weighted by molar-refractivity contribution is 7.15. The van der Waals surface area contributed by atoms with Gasteiger partial charge in [0.1, 0.15) is 5.15 Å². The summed E-state index contributed by atoms with van der Waals surface area (Å²) in [6.45, 7) is 0. The summed E-state index contributed by atoms with van der Waals surface area (Å²) in [4.78, 5) is 21.2. The van der Waals surface area contributed by atoms with Gasteiger partial charge in [-0.3, -0.25) is 9.20 Å². The number of hydrogen-bond donors (Lipinski definition) is 0. The van der Waals surface area contributed by atoms with Crippen molar-refractivity contribution in [2.45, 2.75) is 6.42 Å². The molecule has 3 rings (SSSR count). The van der Waals surface area contributed by atoms with E-state index in [9.17, 15) is 4.79 Å². The Labute approximate surface area is 112 Å². The zero-order valence-corrected chi connectivity index (χ0v) is 10.8. The minimum absolute atomic E-state index is 0.00933. The van der Waals surface area contributed by atoms with E-state index in [0.29, 0.717) is 10.7 Å². The molecule has 3 aromatic rings. The number of hydrogen-bond acceptors (Lipinski definition) is 4. The van der Waals surface area contributed by atoms with Crippen molar-refractivity contribution in [2.24, 2.45) is 0 Å². The molecular weight excluding hydrogens is 270 g/mol. The van der Waals surface area contributed by atoms with Gasteiger partial charge in [0, 0.05) is 29.5 Å². The van der Waals surface area contributed by atoms with E-state index in [1.54, 1.807) is 23.5 Å². The molecule has 0 saturated heterocycles. The smallest absolute Gasteiger partial charge is 0.193 e. The Morgan fingerprint density at radius 3 is 3.06 bits per heavy atom. The molecule has 0 amide bonds. The van der Waals surface area contributed by atoms with Crippen molar-refractivity contribution in [3.8, 4) is 0 Å². The maximum atomic E-state index is 12.0. The molecule has 4 nitrogen and oxygen atoms in total. The first-order chi connectivity index (χ1) is 8.72. The monoisotopic (exact) mass is 277 g/mol. The Balaban J connectivity index is 1.82. The third-order valence-corrected chi connectivity index (χ3v) is 3.53. The van der Waals surface area contributed by atoms with E-state index in [1.807, 2.05) is 22.2 Å². The molecule has 3 heterocycles.